The molecule has 0 spiro atoms. The number of allylic oxidation sites excluding steroid dienone is 1. The van der Waals surface area contributed by atoms with Crippen LogP contribution in [0.1, 0.15) is 87.6 Å². The van der Waals surface area contributed by atoms with Gasteiger partial charge < -0.3 is 25.2 Å². The number of aromatic nitrogens is 2. The molecule has 0 atom stereocenters. The van der Waals surface area contributed by atoms with Crippen molar-refractivity contribution in [1.29, 1.82) is 0 Å². The van der Waals surface area contributed by atoms with Gasteiger partial charge in [-0.1, -0.05) is 92.5 Å². The summed E-state index contributed by atoms with van der Waals surface area (Å²) in [7, 11) is 6.12. The van der Waals surface area contributed by atoms with Crippen molar-refractivity contribution in [2.24, 2.45) is 23.9 Å². The second-order valence-electron chi connectivity index (χ2n) is 11.4. The monoisotopic (exact) mass is 614 g/mol. The van der Waals surface area contributed by atoms with Crippen LogP contribution in [0.5, 0.6) is 0 Å². The van der Waals surface area contributed by atoms with Gasteiger partial charge in [-0.15, -0.1) is 0 Å². The van der Waals surface area contributed by atoms with Crippen LogP contribution < -0.4 is 21.5 Å². The Morgan fingerprint density at radius 3 is 1.98 bits per heavy atom. The Kier molecular flexibility index (Phi) is 25.9. The van der Waals surface area contributed by atoms with Crippen LogP contribution in [-0.4, -0.2) is 72.5 Å². The number of aryl methyl sites for hydroxylation is 1. The number of carbonyl (C=O) groups is 1. The number of anilines is 2. The molecule has 44 heavy (non-hydrogen) atoms. The van der Waals surface area contributed by atoms with Crippen LogP contribution in [0.3, 0.4) is 0 Å². The van der Waals surface area contributed by atoms with E-state index in [1.54, 1.807) is 0 Å². The number of aldehydes is 1. The van der Waals surface area contributed by atoms with E-state index in [-0.39, 0.29) is 0 Å². The molecule has 8 heteroatoms. The topological polar surface area (TPSA) is 77.8 Å². The van der Waals surface area contributed by atoms with Crippen LogP contribution in [0.2, 0.25) is 0 Å². The maximum atomic E-state index is 8.81. The first-order valence-corrected chi connectivity index (χ1v) is 16.6. The van der Waals surface area contributed by atoms with E-state index in [2.05, 4.69) is 119 Å². The van der Waals surface area contributed by atoms with E-state index in [1.807, 2.05) is 32.5 Å². The molecule has 3 rings (SSSR count). The van der Waals surface area contributed by atoms with Gasteiger partial charge in [-0.3, -0.25) is 4.57 Å². The summed E-state index contributed by atoms with van der Waals surface area (Å²) in [4.78, 5) is 23.3. The third-order valence-corrected chi connectivity index (χ3v) is 6.01. The molecule has 0 aliphatic carbocycles. The Labute approximate surface area is 270 Å². The van der Waals surface area contributed by atoms with Crippen LogP contribution >= 0.6 is 0 Å². The number of benzene rings is 1. The third kappa shape index (κ3) is 18.6. The minimum atomic E-state index is 0.590. The fourth-order valence-corrected chi connectivity index (χ4v) is 3.89. The molecule has 0 bridgehead atoms. The number of likely N-dealkylation sites (N-methyl/N-ethyl adjacent to an activating group) is 2. The van der Waals surface area contributed by atoms with Crippen LogP contribution in [0, 0.1) is 18.8 Å². The highest BCUT2D eigenvalue weighted by Gasteiger charge is 2.15. The summed E-state index contributed by atoms with van der Waals surface area (Å²) in [5.41, 5.74) is 3.19. The van der Waals surface area contributed by atoms with E-state index < -0.39 is 0 Å². The number of nitrogens with zero attached hydrogens (tertiary/aromatic N) is 5. The summed E-state index contributed by atoms with van der Waals surface area (Å²) in [6, 6.07) is 8.36. The van der Waals surface area contributed by atoms with E-state index in [1.165, 1.54) is 18.9 Å². The van der Waals surface area contributed by atoms with Gasteiger partial charge in [-0.05, 0) is 71.0 Å². The number of imidazole rings is 1. The molecule has 1 aliphatic rings. The first-order valence-electron chi connectivity index (χ1n) is 16.6. The van der Waals surface area contributed by atoms with Gasteiger partial charge in [0.15, 0.2) is 5.49 Å². The molecule has 8 nitrogen and oxygen atoms in total. The molecular weight excluding hydrogens is 546 g/mol. The zero-order chi connectivity index (χ0) is 34.1. The van der Waals surface area contributed by atoms with Crippen molar-refractivity contribution in [3.63, 3.8) is 0 Å². The second-order valence-corrected chi connectivity index (χ2v) is 11.4. The van der Waals surface area contributed by atoms with Crippen molar-refractivity contribution in [3.05, 3.63) is 52.6 Å². The SMILES string of the molecule is CC.CC=O.CCC.CCN(C)CCNC.Cc1ccc(Nc2nc3c(n2C)=NC(N(CC(C)C)CC(C)C)=CCC=3)cc1. The summed E-state index contributed by atoms with van der Waals surface area (Å²) >= 11 is 0. The standard InChI is InChI=1S/C23H33N5.C6H16N2.C3H8.C2H4O.C2H6/c1-16(2)14-28(15-17(3)4)21-9-7-8-20-22(26-21)27(6)23(25-20)24-19-12-10-18(5)11-13-19;1-4-8(3)6-5-7-2;1-3-2;1-2-3;1-2/h8-13,16-17H,7,14-15H2,1-6H3,(H,24,25);7H,4-6H2,1-3H3;3H2,1-2H3;2H,1H3;1-2H3. The first-order chi connectivity index (χ1) is 21.0. The molecule has 2 N–H and O–H groups in total. The zero-order valence-corrected chi connectivity index (χ0v) is 30.8. The maximum Gasteiger partial charge on any atom is 0.209 e. The fraction of sp³-hybridized carbons (Fsp3) is 0.639. The van der Waals surface area contributed by atoms with Gasteiger partial charge >= 0.3 is 0 Å². The molecular formula is C36H67N7O. The molecule has 252 valence electrons. The lowest BCUT2D eigenvalue weighted by molar-refractivity contribution is -0.106. The second kappa shape index (κ2) is 26.4. The lowest BCUT2D eigenvalue weighted by Gasteiger charge is -2.28. The summed E-state index contributed by atoms with van der Waals surface area (Å²) in [6.07, 6.45) is 7.23. The number of hydrogen-bond acceptors (Lipinski definition) is 7. The Morgan fingerprint density at radius 2 is 1.52 bits per heavy atom. The minimum absolute atomic E-state index is 0.590. The van der Waals surface area contributed by atoms with Gasteiger partial charge in [-0.2, -0.15) is 0 Å². The summed E-state index contributed by atoms with van der Waals surface area (Å²) < 4.78 is 2.05. The summed E-state index contributed by atoms with van der Waals surface area (Å²) in [6.45, 7) is 28.4. The Bertz CT molecular complexity index is 1120. The van der Waals surface area contributed by atoms with Gasteiger partial charge in [0.25, 0.3) is 0 Å². The average Bonchev–Trinajstić information content (AvgIpc) is 3.13. The lowest BCUT2D eigenvalue weighted by atomic mass is 10.1. The Balaban J connectivity index is 0. The molecule has 0 saturated carbocycles. The molecule has 0 unspecified atom stereocenters. The number of hydrogen-bond donors (Lipinski definition) is 2. The minimum Gasteiger partial charge on any atom is -0.356 e. The normalized spacial score (nSPS) is 11.3. The molecule has 0 amide bonds. The van der Waals surface area contributed by atoms with Gasteiger partial charge in [0.1, 0.15) is 17.5 Å². The van der Waals surface area contributed by atoms with Crippen molar-refractivity contribution in [2.45, 2.75) is 89.0 Å². The maximum absolute atomic E-state index is 8.81. The van der Waals surface area contributed by atoms with E-state index in [0.717, 1.165) is 73.7 Å². The predicted octanol–water partition coefficient (Wildman–Crippen LogP) is 6.54. The highest BCUT2D eigenvalue weighted by molar-refractivity contribution is 5.54. The fourth-order valence-electron chi connectivity index (χ4n) is 3.89. The molecule has 1 aromatic carbocycles. The van der Waals surface area contributed by atoms with Crippen molar-refractivity contribution >= 4 is 24.0 Å². The van der Waals surface area contributed by atoms with Gasteiger partial charge in [0, 0.05) is 38.9 Å². The highest BCUT2D eigenvalue weighted by atomic mass is 16.1. The quantitative estimate of drug-likeness (QED) is 0.281. The summed E-state index contributed by atoms with van der Waals surface area (Å²) in [5.74, 6) is 3.05. The van der Waals surface area contributed by atoms with Gasteiger partial charge in [0.05, 0.1) is 0 Å². The van der Waals surface area contributed by atoms with Crippen LogP contribution in [0.15, 0.2) is 41.2 Å². The molecule has 1 aliphatic heterocycles. The van der Waals surface area contributed by atoms with Crippen molar-refractivity contribution in [2.75, 3.05) is 52.1 Å². The Morgan fingerprint density at radius 1 is 1.00 bits per heavy atom. The number of fused-ring (bicyclic) bond motifs is 1. The lowest BCUT2D eigenvalue weighted by Crippen LogP contribution is -2.34. The molecule has 2 aromatic rings. The highest BCUT2D eigenvalue weighted by Crippen LogP contribution is 2.16. The van der Waals surface area contributed by atoms with E-state index in [4.69, 9.17) is 14.8 Å². The van der Waals surface area contributed by atoms with Gasteiger partial charge in [0.2, 0.25) is 5.95 Å². The van der Waals surface area contributed by atoms with Crippen molar-refractivity contribution < 1.29 is 4.79 Å². The third-order valence-electron chi connectivity index (χ3n) is 6.01. The zero-order valence-electron chi connectivity index (χ0n) is 30.8. The van der Waals surface area contributed by atoms with Crippen molar-refractivity contribution in [3.8, 4) is 0 Å². The Hall–Kier alpha value is -2.97. The van der Waals surface area contributed by atoms with Gasteiger partial charge in [-0.25, -0.2) is 9.98 Å². The van der Waals surface area contributed by atoms with Crippen LogP contribution in [-0.2, 0) is 11.8 Å². The molecule has 0 fully saturated rings. The average molecular weight is 614 g/mol. The number of nitrogens with one attached hydrogen (secondary N) is 2. The molecule has 0 radical (unpaired) electrons. The van der Waals surface area contributed by atoms with Crippen LogP contribution in [0.4, 0.5) is 11.6 Å². The van der Waals surface area contributed by atoms with E-state index in [0.29, 0.717) is 11.8 Å². The predicted molar refractivity (Wildman–Crippen MR) is 193 cm³/mol. The number of rotatable bonds is 11. The van der Waals surface area contributed by atoms with Crippen LogP contribution in [0.25, 0.3) is 6.08 Å². The molecule has 2 heterocycles. The summed E-state index contributed by atoms with van der Waals surface area (Å²) in [5, 5.41) is 7.46. The first kappa shape index (κ1) is 43.2. The molecule has 0 saturated heterocycles. The number of carbonyl (C=O) groups excluding carboxylic acids is 1. The van der Waals surface area contributed by atoms with E-state index in [9.17, 15) is 0 Å². The van der Waals surface area contributed by atoms with Crippen molar-refractivity contribution in [1.82, 2.24) is 24.7 Å². The van der Waals surface area contributed by atoms with E-state index >= 15 is 0 Å². The largest absolute Gasteiger partial charge is 0.356 e. The smallest absolute Gasteiger partial charge is 0.209 e. The molecule has 1 aromatic heterocycles.